The molecule has 3 heterocycles. The maximum Gasteiger partial charge on any atom is 0.220 e. The Morgan fingerprint density at radius 1 is 1.37 bits per heavy atom. The monoisotopic (exact) mass is 278 g/mol. The zero-order valence-electron chi connectivity index (χ0n) is 11.7. The van der Waals surface area contributed by atoms with E-state index in [1.807, 2.05) is 11.3 Å². The minimum absolute atomic E-state index is 0.241. The van der Waals surface area contributed by atoms with Crippen LogP contribution in [0.25, 0.3) is 0 Å². The lowest BCUT2D eigenvalue weighted by Gasteiger charge is -2.15. The maximum atomic E-state index is 11.3. The first-order valence-corrected chi connectivity index (χ1v) is 8.01. The SMILES string of the molecule is CC(C)Cc1ccc(CN2C[C@@H]3CC(=O)N[C@@H]3C2)s1. The fraction of sp³-hybridized carbons (Fsp3) is 0.667. The van der Waals surface area contributed by atoms with Gasteiger partial charge in [0.25, 0.3) is 0 Å². The molecular weight excluding hydrogens is 256 g/mol. The van der Waals surface area contributed by atoms with Crippen molar-refractivity contribution in [2.24, 2.45) is 11.8 Å². The molecule has 2 fully saturated rings. The van der Waals surface area contributed by atoms with Crippen molar-refractivity contribution in [1.82, 2.24) is 10.2 Å². The zero-order valence-corrected chi connectivity index (χ0v) is 12.5. The van der Waals surface area contributed by atoms with Gasteiger partial charge >= 0.3 is 0 Å². The van der Waals surface area contributed by atoms with Crippen molar-refractivity contribution in [3.63, 3.8) is 0 Å². The van der Waals surface area contributed by atoms with Crippen molar-refractivity contribution in [2.45, 2.75) is 39.3 Å². The average Bonchev–Trinajstić information content (AvgIpc) is 2.93. The Labute approximate surface area is 119 Å². The number of hydrogen-bond donors (Lipinski definition) is 1. The number of nitrogens with zero attached hydrogens (tertiary/aromatic N) is 1. The summed E-state index contributed by atoms with van der Waals surface area (Å²) in [6, 6.07) is 4.95. The molecule has 0 unspecified atom stereocenters. The van der Waals surface area contributed by atoms with Gasteiger partial charge in [0.1, 0.15) is 0 Å². The molecule has 0 radical (unpaired) electrons. The molecule has 1 N–H and O–H groups in total. The van der Waals surface area contributed by atoms with Gasteiger partial charge < -0.3 is 5.32 Å². The van der Waals surface area contributed by atoms with Crippen LogP contribution in [0.5, 0.6) is 0 Å². The molecule has 19 heavy (non-hydrogen) atoms. The lowest BCUT2D eigenvalue weighted by atomic mass is 10.1. The third-order valence-corrected chi connectivity index (χ3v) is 5.11. The summed E-state index contributed by atoms with van der Waals surface area (Å²) in [6.45, 7) is 7.67. The minimum Gasteiger partial charge on any atom is -0.352 e. The van der Waals surface area contributed by atoms with Crippen molar-refractivity contribution in [3.8, 4) is 0 Å². The molecule has 3 rings (SSSR count). The number of rotatable bonds is 4. The molecular formula is C15H22N2OS. The standard InChI is InChI=1S/C15H22N2OS/c1-10(2)5-12-3-4-13(19-12)8-17-7-11-6-15(18)16-14(11)9-17/h3-4,10-11,14H,5-9H2,1-2H3,(H,16,18)/t11-,14+/m0/s1. The third kappa shape index (κ3) is 3.00. The Hall–Kier alpha value is -0.870. The van der Waals surface area contributed by atoms with Crippen LogP contribution in [-0.2, 0) is 17.8 Å². The van der Waals surface area contributed by atoms with Crippen LogP contribution < -0.4 is 5.32 Å². The quantitative estimate of drug-likeness (QED) is 0.916. The second-order valence-electron chi connectivity index (χ2n) is 6.30. The minimum atomic E-state index is 0.241. The summed E-state index contributed by atoms with van der Waals surface area (Å²) in [4.78, 5) is 16.7. The van der Waals surface area contributed by atoms with Crippen molar-refractivity contribution in [3.05, 3.63) is 21.9 Å². The van der Waals surface area contributed by atoms with Gasteiger partial charge in [-0.2, -0.15) is 0 Å². The molecule has 0 aromatic carbocycles. The number of fused-ring (bicyclic) bond motifs is 1. The Kier molecular flexibility index (Phi) is 3.63. The highest BCUT2D eigenvalue weighted by Crippen LogP contribution is 2.28. The summed E-state index contributed by atoms with van der Waals surface area (Å²) in [5.41, 5.74) is 0. The summed E-state index contributed by atoms with van der Waals surface area (Å²) in [7, 11) is 0. The summed E-state index contributed by atoms with van der Waals surface area (Å²) in [6.07, 6.45) is 1.91. The Balaban J connectivity index is 1.55. The Bertz CT molecular complexity index is 452. The molecule has 0 bridgehead atoms. The molecule has 104 valence electrons. The smallest absolute Gasteiger partial charge is 0.220 e. The first-order valence-electron chi connectivity index (χ1n) is 7.19. The van der Waals surface area contributed by atoms with Crippen LogP contribution in [0.3, 0.4) is 0 Å². The lowest BCUT2D eigenvalue weighted by Crippen LogP contribution is -2.32. The molecule has 2 aliphatic heterocycles. The van der Waals surface area contributed by atoms with Gasteiger partial charge in [0.2, 0.25) is 5.91 Å². The van der Waals surface area contributed by atoms with E-state index in [-0.39, 0.29) is 5.91 Å². The lowest BCUT2D eigenvalue weighted by molar-refractivity contribution is -0.119. The van der Waals surface area contributed by atoms with E-state index in [1.165, 1.54) is 16.2 Å². The summed E-state index contributed by atoms with van der Waals surface area (Å²) >= 11 is 1.95. The average molecular weight is 278 g/mol. The van der Waals surface area contributed by atoms with Gasteiger partial charge in [0, 0.05) is 47.8 Å². The molecule has 1 aromatic heterocycles. The Morgan fingerprint density at radius 2 is 2.16 bits per heavy atom. The van der Waals surface area contributed by atoms with Gasteiger partial charge in [-0.3, -0.25) is 9.69 Å². The third-order valence-electron chi connectivity index (χ3n) is 4.02. The van der Waals surface area contributed by atoms with Crippen LogP contribution in [0.15, 0.2) is 12.1 Å². The fourth-order valence-electron chi connectivity index (χ4n) is 3.20. The second-order valence-corrected chi connectivity index (χ2v) is 7.55. The van der Waals surface area contributed by atoms with Crippen LogP contribution in [0.1, 0.15) is 30.0 Å². The highest BCUT2D eigenvalue weighted by Gasteiger charge is 2.39. The summed E-state index contributed by atoms with van der Waals surface area (Å²) in [5, 5.41) is 3.09. The van der Waals surface area contributed by atoms with Gasteiger partial charge in [-0.15, -0.1) is 11.3 Å². The number of amides is 1. The van der Waals surface area contributed by atoms with E-state index < -0.39 is 0 Å². The van der Waals surface area contributed by atoms with Crippen LogP contribution in [0, 0.1) is 11.8 Å². The van der Waals surface area contributed by atoms with Crippen LogP contribution in [-0.4, -0.2) is 29.9 Å². The predicted octanol–water partition coefficient (Wildman–Crippen LogP) is 2.27. The molecule has 0 aliphatic carbocycles. The molecule has 2 atom stereocenters. The van der Waals surface area contributed by atoms with E-state index in [0.717, 1.165) is 32.0 Å². The van der Waals surface area contributed by atoms with Gasteiger partial charge in [-0.1, -0.05) is 13.8 Å². The first-order chi connectivity index (χ1) is 9.10. The van der Waals surface area contributed by atoms with Crippen molar-refractivity contribution >= 4 is 17.2 Å². The molecule has 2 aliphatic rings. The van der Waals surface area contributed by atoms with Crippen molar-refractivity contribution < 1.29 is 4.79 Å². The number of carbonyl (C=O) groups excluding carboxylic acids is 1. The Morgan fingerprint density at radius 3 is 2.89 bits per heavy atom. The number of carbonyl (C=O) groups is 1. The van der Waals surface area contributed by atoms with E-state index in [1.54, 1.807) is 0 Å². The molecule has 1 aromatic rings. The van der Waals surface area contributed by atoms with Gasteiger partial charge in [-0.25, -0.2) is 0 Å². The van der Waals surface area contributed by atoms with Crippen LogP contribution >= 0.6 is 11.3 Å². The van der Waals surface area contributed by atoms with E-state index in [2.05, 4.69) is 36.2 Å². The molecule has 0 saturated carbocycles. The van der Waals surface area contributed by atoms with Crippen molar-refractivity contribution in [2.75, 3.05) is 13.1 Å². The molecule has 0 spiro atoms. The molecule has 1 amide bonds. The van der Waals surface area contributed by atoms with E-state index in [0.29, 0.717) is 12.0 Å². The summed E-state index contributed by atoms with van der Waals surface area (Å²) < 4.78 is 0. The van der Waals surface area contributed by atoms with Gasteiger partial charge in [0.05, 0.1) is 0 Å². The van der Waals surface area contributed by atoms with Crippen LogP contribution in [0.4, 0.5) is 0 Å². The zero-order chi connectivity index (χ0) is 13.4. The van der Waals surface area contributed by atoms with Crippen molar-refractivity contribution in [1.29, 1.82) is 0 Å². The normalized spacial score (nSPS) is 27.0. The van der Waals surface area contributed by atoms with Gasteiger partial charge in [0.15, 0.2) is 0 Å². The van der Waals surface area contributed by atoms with Gasteiger partial charge in [-0.05, 0) is 24.5 Å². The highest BCUT2D eigenvalue weighted by atomic mass is 32.1. The van der Waals surface area contributed by atoms with E-state index in [4.69, 9.17) is 0 Å². The predicted molar refractivity (Wildman–Crippen MR) is 78.2 cm³/mol. The largest absolute Gasteiger partial charge is 0.352 e. The molecule has 3 nitrogen and oxygen atoms in total. The van der Waals surface area contributed by atoms with Crippen LogP contribution in [0.2, 0.25) is 0 Å². The number of hydrogen-bond acceptors (Lipinski definition) is 3. The fourth-order valence-corrected chi connectivity index (χ4v) is 4.48. The topological polar surface area (TPSA) is 32.3 Å². The van der Waals surface area contributed by atoms with E-state index in [9.17, 15) is 4.79 Å². The summed E-state index contributed by atoms with van der Waals surface area (Å²) in [5.74, 6) is 1.51. The number of nitrogens with one attached hydrogen (secondary N) is 1. The highest BCUT2D eigenvalue weighted by molar-refractivity contribution is 7.11. The number of likely N-dealkylation sites (tertiary alicyclic amines) is 1. The van der Waals surface area contributed by atoms with E-state index >= 15 is 0 Å². The number of thiophene rings is 1. The maximum absolute atomic E-state index is 11.3. The first kappa shape index (κ1) is 13.1. The second kappa shape index (κ2) is 5.25. The molecule has 2 saturated heterocycles. The molecule has 4 heteroatoms.